The summed E-state index contributed by atoms with van der Waals surface area (Å²) in [6, 6.07) is 4.39. The summed E-state index contributed by atoms with van der Waals surface area (Å²) in [5, 5.41) is 0. The largest absolute Gasteiger partial charge is 0.387 e. The molecule has 0 bridgehead atoms. The van der Waals surface area contributed by atoms with Crippen LogP contribution in [0.5, 0.6) is 0 Å². The lowest BCUT2D eigenvalue weighted by Gasteiger charge is -2.00. The van der Waals surface area contributed by atoms with Crippen molar-refractivity contribution in [1.29, 1.82) is 0 Å². The second-order valence-corrected chi connectivity index (χ2v) is 4.26. The quantitative estimate of drug-likeness (QED) is 0.642. The highest BCUT2D eigenvalue weighted by atomic mass is 79.9. The van der Waals surface area contributed by atoms with Crippen molar-refractivity contribution in [2.75, 3.05) is 0 Å². The second-order valence-electron chi connectivity index (χ2n) is 3.41. The van der Waals surface area contributed by atoms with Crippen LogP contribution in [0, 0.1) is 11.7 Å². The molecule has 0 heterocycles. The van der Waals surface area contributed by atoms with Gasteiger partial charge in [0.15, 0.2) is 0 Å². The fourth-order valence-corrected chi connectivity index (χ4v) is 1.62. The molecule has 1 saturated carbocycles. The minimum absolute atomic E-state index is 0.277. The van der Waals surface area contributed by atoms with Crippen LogP contribution in [0.15, 0.2) is 27.7 Å². The van der Waals surface area contributed by atoms with E-state index in [1.165, 1.54) is 12.1 Å². The van der Waals surface area contributed by atoms with E-state index in [4.69, 9.17) is 5.73 Å². The molecule has 14 heavy (non-hydrogen) atoms. The molecule has 1 aliphatic rings. The van der Waals surface area contributed by atoms with Gasteiger partial charge in [-0.25, -0.2) is 9.38 Å². The standard InChI is InChI=1S/C10H10BrFN2/c11-8-5-7(12)3-4-9(8)14-10(13)6-1-2-6/h3-6H,1-2H2,(H2,13,14). The highest BCUT2D eigenvalue weighted by Crippen LogP contribution is 2.32. The molecular formula is C10H10BrFN2. The minimum atomic E-state index is -0.277. The molecule has 1 aromatic rings. The first-order valence-electron chi connectivity index (χ1n) is 4.46. The molecular weight excluding hydrogens is 247 g/mol. The van der Waals surface area contributed by atoms with Gasteiger partial charge < -0.3 is 5.73 Å². The van der Waals surface area contributed by atoms with E-state index < -0.39 is 0 Å². The predicted molar refractivity (Wildman–Crippen MR) is 58.1 cm³/mol. The highest BCUT2D eigenvalue weighted by Gasteiger charge is 2.25. The van der Waals surface area contributed by atoms with Crippen molar-refractivity contribution in [3.05, 3.63) is 28.5 Å². The summed E-state index contributed by atoms with van der Waals surface area (Å²) in [6.07, 6.45) is 2.24. The molecule has 1 aliphatic carbocycles. The summed E-state index contributed by atoms with van der Waals surface area (Å²) in [5.74, 6) is 0.810. The fraction of sp³-hybridized carbons (Fsp3) is 0.300. The van der Waals surface area contributed by atoms with E-state index in [1.807, 2.05) is 0 Å². The highest BCUT2D eigenvalue weighted by molar-refractivity contribution is 9.10. The van der Waals surface area contributed by atoms with Gasteiger partial charge in [0.1, 0.15) is 11.7 Å². The first-order valence-corrected chi connectivity index (χ1v) is 5.25. The molecule has 74 valence electrons. The zero-order valence-corrected chi connectivity index (χ0v) is 9.09. The predicted octanol–water partition coefficient (Wildman–Crippen LogP) is 2.99. The molecule has 0 aromatic heterocycles. The van der Waals surface area contributed by atoms with Crippen LogP contribution >= 0.6 is 15.9 Å². The number of rotatable bonds is 2. The zero-order valence-electron chi connectivity index (χ0n) is 7.50. The van der Waals surface area contributed by atoms with Crippen molar-refractivity contribution in [1.82, 2.24) is 0 Å². The number of amidine groups is 1. The zero-order chi connectivity index (χ0) is 10.1. The van der Waals surface area contributed by atoms with Crippen molar-refractivity contribution in [3.8, 4) is 0 Å². The third kappa shape index (κ3) is 2.12. The van der Waals surface area contributed by atoms with Crippen LogP contribution in [0.25, 0.3) is 0 Å². The number of nitrogens with zero attached hydrogens (tertiary/aromatic N) is 1. The number of hydrogen-bond acceptors (Lipinski definition) is 1. The van der Waals surface area contributed by atoms with Crippen LogP contribution in [-0.2, 0) is 0 Å². The van der Waals surface area contributed by atoms with Crippen LogP contribution in [-0.4, -0.2) is 5.84 Å². The Morgan fingerprint density at radius 3 is 2.79 bits per heavy atom. The fourth-order valence-electron chi connectivity index (χ4n) is 1.18. The number of halogens is 2. The van der Waals surface area contributed by atoms with Crippen molar-refractivity contribution >= 4 is 27.5 Å². The maximum absolute atomic E-state index is 12.7. The summed E-state index contributed by atoms with van der Waals surface area (Å²) < 4.78 is 13.4. The second kappa shape index (κ2) is 3.69. The Kier molecular flexibility index (Phi) is 2.54. The van der Waals surface area contributed by atoms with E-state index in [0.29, 0.717) is 21.9 Å². The summed E-state index contributed by atoms with van der Waals surface area (Å²) in [7, 11) is 0. The molecule has 0 radical (unpaired) electrons. The van der Waals surface area contributed by atoms with Gasteiger partial charge in [0.05, 0.1) is 5.69 Å². The van der Waals surface area contributed by atoms with E-state index in [-0.39, 0.29) is 5.82 Å². The van der Waals surface area contributed by atoms with E-state index >= 15 is 0 Å². The lowest BCUT2D eigenvalue weighted by atomic mass is 10.3. The monoisotopic (exact) mass is 256 g/mol. The van der Waals surface area contributed by atoms with Crippen molar-refractivity contribution in [2.45, 2.75) is 12.8 Å². The molecule has 0 amide bonds. The molecule has 0 atom stereocenters. The SMILES string of the molecule is NC(=Nc1ccc(F)cc1Br)C1CC1. The van der Waals surface area contributed by atoms with Gasteiger partial charge in [0.2, 0.25) is 0 Å². The first-order chi connectivity index (χ1) is 6.66. The summed E-state index contributed by atoms with van der Waals surface area (Å²) in [5.41, 5.74) is 6.44. The molecule has 2 N–H and O–H groups in total. The van der Waals surface area contributed by atoms with Crippen LogP contribution < -0.4 is 5.73 Å². The molecule has 0 aliphatic heterocycles. The average Bonchev–Trinajstić information content (AvgIpc) is 2.92. The normalized spacial score (nSPS) is 17.1. The molecule has 0 spiro atoms. The first kappa shape index (κ1) is 9.65. The Balaban J connectivity index is 2.27. The number of hydrogen-bond donors (Lipinski definition) is 1. The van der Waals surface area contributed by atoms with Crippen molar-refractivity contribution < 1.29 is 4.39 Å². The minimum Gasteiger partial charge on any atom is -0.387 e. The molecule has 1 aromatic carbocycles. The van der Waals surface area contributed by atoms with Gasteiger partial charge in [-0.15, -0.1) is 0 Å². The maximum Gasteiger partial charge on any atom is 0.124 e. The van der Waals surface area contributed by atoms with Gasteiger partial charge in [-0.3, -0.25) is 0 Å². The van der Waals surface area contributed by atoms with Crippen molar-refractivity contribution in [3.63, 3.8) is 0 Å². The topological polar surface area (TPSA) is 38.4 Å². The molecule has 0 saturated heterocycles. The average molecular weight is 257 g/mol. The number of nitrogens with two attached hydrogens (primary N) is 1. The molecule has 0 unspecified atom stereocenters. The van der Waals surface area contributed by atoms with Gasteiger partial charge >= 0.3 is 0 Å². The van der Waals surface area contributed by atoms with Gasteiger partial charge in [0.25, 0.3) is 0 Å². The Bertz CT molecular complexity index is 386. The van der Waals surface area contributed by atoms with Gasteiger partial charge in [-0.1, -0.05) is 0 Å². The Hall–Kier alpha value is -0.900. The lowest BCUT2D eigenvalue weighted by Crippen LogP contribution is -2.13. The van der Waals surface area contributed by atoms with E-state index in [2.05, 4.69) is 20.9 Å². The number of aliphatic imine (C=N–C) groups is 1. The van der Waals surface area contributed by atoms with E-state index in [0.717, 1.165) is 12.8 Å². The van der Waals surface area contributed by atoms with Crippen LogP contribution in [0.4, 0.5) is 10.1 Å². The van der Waals surface area contributed by atoms with Gasteiger partial charge in [-0.2, -0.15) is 0 Å². The molecule has 2 rings (SSSR count). The van der Waals surface area contributed by atoms with E-state index in [9.17, 15) is 4.39 Å². The van der Waals surface area contributed by atoms with E-state index in [1.54, 1.807) is 6.07 Å². The van der Waals surface area contributed by atoms with Gasteiger partial charge in [-0.05, 0) is 47.0 Å². The Morgan fingerprint density at radius 2 is 2.21 bits per heavy atom. The summed E-state index contributed by atoms with van der Waals surface area (Å²) >= 11 is 3.24. The molecule has 1 fully saturated rings. The molecule has 2 nitrogen and oxygen atoms in total. The lowest BCUT2D eigenvalue weighted by molar-refractivity contribution is 0.627. The maximum atomic E-state index is 12.7. The van der Waals surface area contributed by atoms with Gasteiger partial charge in [0, 0.05) is 10.4 Å². The van der Waals surface area contributed by atoms with Crippen LogP contribution in [0.1, 0.15) is 12.8 Å². The summed E-state index contributed by atoms with van der Waals surface area (Å²) in [4.78, 5) is 4.24. The Morgan fingerprint density at radius 1 is 1.50 bits per heavy atom. The van der Waals surface area contributed by atoms with Crippen molar-refractivity contribution in [2.24, 2.45) is 16.6 Å². The third-order valence-corrected chi connectivity index (χ3v) is 2.79. The van der Waals surface area contributed by atoms with Crippen LogP contribution in [0.2, 0.25) is 0 Å². The Labute approximate surface area is 90.2 Å². The third-order valence-electron chi connectivity index (χ3n) is 2.15. The van der Waals surface area contributed by atoms with Crippen LogP contribution in [0.3, 0.4) is 0 Å². The summed E-state index contributed by atoms with van der Waals surface area (Å²) in [6.45, 7) is 0. The number of benzene rings is 1. The smallest absolute Gasteiger partial charge is 0.124 e. The molecule has 4 heteroatoms.